The summed E-state index contributed by atoms with van der Waals surface area (Å²) in [4.78, 5) is 14.4. The van der Waals surface area contributed by atoms with Gasteiger partial charge in [-0.2, -0.15) is 0 Å². The fourth-order valence-corrected chi connectivity index (χ4v) is 2.70. The molecule has 3 rings (SSSR count). The number of benzene rings is 1. The van der Waals surface area contributed by atoms with Crippen molar-refractivity contribution in [3.8, 4) is 0 Å². The SMILES string of the molecule is Nc1cc(Cl)ccc1CN1CCOCC1C(=O)NC1CC1. The average Bonchev–Trinajstić information content (AvgIpc) is 3.26. The van der Waals surface area contributed by atoms with Gasteiger partial charge in [-0.25, -0.2) is 0 Å². The van der Waals surface area contributed by atoms with Crippen LogP contribution in [0.2, 0.25) is 5.02 Å². The van der Waals surface area contributed by atoms with E-state index in [-0.39, 0.29) is 11.9 Å². The van der Waals surface area contributed by atoms with Crippen molar-refractivity contribution < 1.29 is 9.53 Å². The minimum atomic E-state index is -0.241. The standard InChI is InChI=1S/C15H20ClN3O2/c16-11-2-1-10(13(17)7-11)8-19-5-6-21-9-14(19)15(20)18-12-3-4-12/h1-2,7,12,14H,3-6,8-9,17H2,(H,18,20). The number of nitrogens with two attached hydrogens (primary N) is 1. The smallest absolute Gasteiger partial charge is 0.239 e. The first-order valence-corrected chi connectivity index (χ1v) is 7.67. The zero-order chi connectivity index (χ0) is 14.8. The van der Waals surface area contributed by atoms with Gasteiger partial charge in [0.25, 0.3) is 0 Å². The second kappa shape index (κ2) is 6.22. The number of halogens is 1. The van der Waals surface area contributed by atoms with Crippen LogP contribution in [0.4, 0.5) is 5.69 Å². The highest BCUT2D eigenvalue weighted by molar-refractivity contribution is 6.30. The Labute approximate surface area is 129 Å². The van der Waals surface area contributed by atoms with E-state index in [1.54, 1.807) is 6.07 Å². The van der Waals surface area contributed by atoms with Gasteiger partial charge in [0.05, 0.1) is 13.2 Å². The Balaban J connectivity index is 1.69. The molecule has 2 fully saturated rings. The lowest BCUT2D eigenvalue weighted by Gasteiger charge is -2.34. The summed E-state index contributed by atoms with van der Waals surface area (Å²) in [5.41, 5.74) is 7.66. The Morgan fingerprint density at radius 1 is 1.48 bits per heavy atom. The molecule has 1 aromatic carbocycles. The lowest BCUT2D eigenvalue weighted by molar-refractivity contribution is -0.133. The summed E-state index contributed by atoms with van der Waals surface area (Å²) >= 11 is 5.93. The second-order valence-corrected chi connectivity index (χ2v) is 6.12. The van der Waals surface area contributed by atoms with E-state index in [1.165, 1.54) is 0 Å². The first-order chi connectivity index (χ1) is 10.1. The molecule has 3 N–H and O–H groups in total. The van der Waals surface area contributed by atoms with E-state index in [1.807, 2.05) is 12.1 Å². The van der Waals surface area contributed by atoms with Crippen molar-refractivity contribution in [3.63, 3.8) is 0 Å². The Hall–Kier alpha value is -1.30. The van der Waals surface area contributed by atoms with Gasteiger partial charge in [-0.15, -0.1) is 0 Å². The summed E-state index contributed by atoms with van der Waals surface area (Å²) in [5, 5.41) is 3.68. The van der Waals surface area contributed by atoms with Crippen molar-refractivity contribution >= 4 is 23.2 Å². The van der Waals surface area contributed by atoms with Crippen LogP contribution in [0.25, 0.3) is 0 Å². The molecule has 114 valence electrons. The quantitative estimate of drug-likeness (QED) is 0.825. The molecule has 0 aromatic heterocycles. The maximum atomic E-state index is 12.3. The third kappa shape index (κ3) is 3.67. The van der Waals surface area contributed by atoms with Gasteiger partial charge in [0.2, 0.25) is 5.91 Å². The third-order valence-electron chi connectivity index (χ3n) is 3.95. The maximum absolute atomic E-state index is 12.3. The summed E-state index contributed by atoms with van der Waals surface area (Å²) < 4.78 is 5.47. The maximum Gasteiger partial charge on any atom is 0.239 e. The summed E-state index contributed by atoms with van der Waals surface area (Å²) in [6, 6.07) is 5.61. The predicted octanol–water partition coefficient (Wildman–Crippen LogP) is 1.40. The van der Waals surface area contributed by atoms with E-state index in [9.17, 15) is 4.79 Å². The molecule has 1 saturated heterocycles. The van der Waals surface area contributed by atoms with E-state index >= 15 is 0 Å². The van der Waals surface area contributed by atoms with Crippen LogP contribution in [-0.2, 0) is 16.1 Å². The fraction of sp³-hybridized carbons (Fsp3) is 0.533. The van der Waals surface area contributed by atoms with Crippen LogP contribution >= 0.6 is 11.6 Å². The monoisotopic (exact) mass is 309 g/mol. The number of nitrogens with zero attached hydrogens (tertiary/aromatic N) is 1. The van der Waals surface area contributed by atoms with Crippen LogP contribution in [0, 0.1) is 0 Å². The number of hydrogen-bond acceptors (Lipinski definition) is 4. The van der Waals surface area contributed by atoms with Crippen molar-refractivity contribution in [1.29, 1.82) is 0 Å². The van der Waals surface area contributed by atoms with Gasteiger partial charge < -0.3 is 15.8 Å². The minimum Gasteiger partial charge on any atom is -0.398 e. The Bertz CT molecular complexity index is 534. The number of nitrogen functional groups attached to an aromatic ring is 1. The molecule has 0 spiro atoms. The highest BCUT2D eigenvalue weighted by Crippen LogP contribution is 2.23. The number of hydrogen-bond donors (Lipinski definition) is 2. The fourth-order valence-electron chi connectivity index (χ4n) is 2.52. The summed E-state index contributed by atoms with van der Waals surface area (Å²) in [7, 11) is 0. The molecule has 0 bridgehead atoms. The van der Waals surface area contributed by atoms with E-state index in [0.717, 1.165) is 24.9 Å². The van der Waals surface area contributed by atoms with Gasteiger partial charge in [-0.05, 0) is 30.5 Å². The van der Waals surface area contributed by atoms with Gasteiger partial charge in [-0.1, -0.05) is 17.7 Å². The number of amides is 1. The second-order valence-electron chi connectivity index (χ2n) is 5.69. The Morgan fingerprint density at radius 2 is 2.29 bits per heavy atom. The van der Waals surface area contributed by atoms with E-state index in [4.69, 9.17) is 22.1 Å². The number of rotatable bonds is 4. The number of nitrogens with one attached hydrogen (secondary N) is 1. The molecule has 1 aromatic rings. The highest BCUT2D eigenvalue weighted by Gasteiger charge is 2.33. The summed E-state index contributed by atoms with van der Waals surface area (Å²) in [6.45, 7) is 2.44. The van der Waals surface area contributed by atoms with E-state index < -0.39 is 0 Å². The zero-order valence-corrected chi connectivity index (χ0v) is 12.6. The summed E-state index contributed by atoms with van der Waals surface area (Å²) in [5.74, 6) is 0.0599. The van der Waals surface area contributed by atoms with Gasteiger partial charge in [0.1, 0.15) is 6.04 Å². The number of ether oxygens (including phenoxy) is 1. The highest BCUT2D eigenvalue weighted by atomic mass is 35.5. The topological polar surface area (TPSA) is 67.6 Å². The predicted molar refractivity (Wildman–Crippen MR) is 82.0 cm³/mol. The van der Waals surface area contributed by atoms with Crippen LogP contribution in [0.1, 0.15) is 18.4 Å². The van der Waals surface area contributed by atoms with Gasteiger partial charge in [0, 0.05) is 29.8 Å². The molecule has 1 amide bonds. The van der Waals surface area contributed by atoms with Crippen molar-refractivity contribution in [2.75, 3.05) is 25.5 Å². The largest absolute Gasteiger partial charge is 0.398 e. The van der Waals surface area contributed by atoms with Crippen LogP contribution in [0.15, 0.2) is 18.2 Å². The molecule has 5 nitrogen and oxygen atoms in total. The molecule has 1 unspecified atom stereocenters. The molecule has 6 heteroatoms. The number of morpholine rings is 1. The zero-order valence-electron chi connectivity index (χ0n) is 11.8. The van der Waals surface area contributed by atoms with Crippen molar-refractivity contribution in [3.05, 3.63) is 28.8 Å². The first-order valence-electron chi connectivity index (χ1n) is 7.29. The van der Waals surface area contributed by atoms with Crippen molar-refractivity contribution in [2.45, 2.75) is 31.5 Å². The lowest BCUT2D eigenvalue weighted by Crippen LogP contribution is -2.53. The summed E-state index contributed by atoms with van der Waals surface area (Å²) in [6.07, 6.45) is 2.17. The van der Waals surface area contributed by atoms with E-state index in [0.29, 0.717) is 36.5 Å². The Morgan fingerprint density at radius 3 is 3.00 bits per heavy atom. The van der Waals surface area contributed by atoms with Crippen molar-refractivity contribution in [1.82, 2.24) is 10.2 Å². The van der Waals surface area contributed by atoms with Gasteiger partial charge in [0.15, 0.2) is 0 Å². The van der Waals surface area contributed by atoms with E-state index in [2.05, 4.69) is 10.2 Å². The minimum absolute atomic E-state index is 0.0599. The van der Waals surface area contributed by atoms with Gasteiger partial charge in [-0.3, -0.25) is 9.69 Å². The molecular formula is C15H20ClN3O2. The van der Waals surface area contributed by atoms with Crippen LogP contribution in [-0.4, -0.2) is 42.6 Å². The third-order valence-corrected chi connectivity index (χ3v) is 4.18. The molecule has 0 radical (unpaired) electrons. The number of carbonyl (C=O) groups is 1. The molecule has 1 heterocycles. The molecule has 21 heavy (non-hydrogen) atoms. The van der Waals surface area contributed by atoms with Crippen LogP contribution in [0.3, 0.4) is 0 Å². The molecule has 1 aliphatic carbocycles. The molecule has 1 atom stereocenters. The van der Waals surface area contributed by atoms with Gasteiger partial charge >= 0.3 is 0 Å². The van der Waals surface area contributed by atoms with Crippen LogP contribution in [0.5, 0.6) is 0 Å². The van der Waals surface area contributed by atoms with Crippen LogP contribution < -0.4 is 11.1 Å². The number of carbonyl (C=O) groups excluding carboxylic acids is 1. The molecule has 1 aliphatic heterocycles. The first kappa shape index (κ1) is 14.6. The lowest BCUT2D eigenvalue weighted by atomic mass is 10.1. The number of anilines is 1. The normalized spacial score (nSPS) is 23.0. The average molecular weight is 310 g/mol. The molecule has 1 saturated carbocycles. The van der Waals surface area contributed by atoms with Crippen molar-refractivity contribution in [2.24, 2.45) is 0 Å². The molecular weight excluding hydrogens is 290 g/mol. The molecule has 2 aliphatic rings. The Kier molecular flexibility index (Phi) is 4.33.